The van der Waals surface area contributed by atoms with E-state index in [1.165, 1.54) is 45.2 Å². The maximum atomic E-state index is 4.77. The van der Waals surface area contributed by atoms with Crippen molar-refractivity contribution in [3.05, 3.63) is 0 Å². The minimum Gasteiger partial charge on any atom is -0.357 e. The van der Waals surface area contributed by atoms with Gasteiger partial charge in [0.25, 0.3) is 0 Å². The summed E-state index contributed by atoms with van der Waals surface area (Å²) in [6, 6.07) is 1.49. The Kier molecular flexibility index (Phi) is 5.56. The Labute approximate surface area is 140 Å². The lowest BCUT2D eigenvalue weighted by Gasteiger charge is -2.19. The molecule has 0 radical (unpaired) electrons. The Bertz CT molecular complexity index is 350. The highest BCUT2D eigenvalue weighted by Gasteiger charge is 2.37. The largest absolute Gasteiger partial charge is 0.357 e. The number of aliphatic imine (C=N–C) groups is 1. The van der Waals surface area contributed by atoms with E-state index in [1.54, 1.807) is 0 Å². The van der Waals surface area contributed by atoms with E-state index < -0.39 is 0 Å². The molecule has 1 unspecified atom stereocenters. The van der Waals surface area contributed by atoms with Crippen LogP contribution < -0.4 is 10.6 Å². The first kappa shape index (κ1) is 16.3. The van der Waals surface area contributed by atoms with Gasteiger partial charge in [0.1, 0.15) is 0 Å². The van der Waals surface area contributed by atoms with Crippen LogP contribution in [0.2, 0.25) is 0 Å². The highest BCUT2D eigenvalue weighted by molar-refractivity contribution is 14.0. The second kappa shape index (κ2) is 6.81. The molecule has 0 bridgehead atoms. The summed E-state index contributed by atoms with van der Waals surface area (Å²) in [4.78, 5) is 7.41. The average Bonchev–Trinajstić information content (AvgIpc) is 3.31. The molecule has 3 fully saturated rings. The highest BCUT2D eigenvalue weighted by atomic mass is 127. The number of guanidine groups is 1. The molecule has 0 aromatic carbocycles. The second-order valence-electron chi connectivity index (χ2n) is 6.86. The van der Waals surface area contributed by atoms with Crippen LogP contribution in [0.5, 0.6) is 0 Å². The summed E-state index contributed by atoms with van der Waals surface area (Å²) in [5.74, 6) is 1.03. The zero-order chi connectivity index (χ0) is 13.3. The van der Waals surface area contributed by atoms with Gasteiger partial charge in [-0.3, -0.25) is 9.89 Å². The van der Waals surface area contributed by atoms with Crippen LogP contribution >= 0.6 is 24.0 Å². The van der Waals surface area contributed by atoms with Gasteiger partial charge >= 0.3 is 0 Å². The van der Waals surface area contributed by atoms with E-state index in [2.05, 4.69) is 29.4 Å². The summed E-state index contributed by atoms with van der Waals surface area (Å²) in [6.45, 7) is 8.86. The Morgan fingerprint density at radius 1 is 1.30 bits per heavy atom. The fourth-order valence-electron chi connectivity index (χ4n) is 2.83. The molecule has 3 rings (SSSR count). The molecule has 0 aromatic rings. The SMILES string of the molecule is CCNC(=NCC1(C)CC1)NC1CCN(C2CC2)C1.I. The summed E-state index contributed by atoms with van der Waals surface area (Å²) in [5, 5.41) is 7.02. The lowest BCUT2D eigenvalue weighted by Crippen LogP contribution is -2.45. The summed E-state index contributed by atoms with van der Waals surface area (Å²) >= 11 is 0. The molecule has 0 aromatic heterocycles. The van der Waals surface area contributed by atoms with Gasteiger partial charge in [0.15, 0.2) is 5.96 Å². The number of halogens is 1. The molecule has 1 aliphatic heterocycles. The van der Waals surface area contributed by atoms with Gasteiger partial charge < -0.3 is 10.6 Å². The van der Waals surface area contributed by atoms with Crippen LogP contribution in [0.4, 0.5) is 0 Å². The van der Waals surface area contributed by atoms with Crippen molar-refractivity contribution in [2.45, 2.75) is 58.0 Å². The van der Waals surface area contributed by atoms with Crippen LogP contribution in [0, 0.1) is 5.41 Å². The van der Waals surface area contributed by atoms with E-state index in [0.29, 0.717) is 11.5 Å². The smallest absolute Gasteiger partial charge is 0.191 e. The van der Waals surface area contributed by atoms with Crippen molar-refractivity contribution in [1.82, 2.24) is 15.5 Å². The second-order valence-corrected chi connectivity index (χ2v) is 6.86. The standard InChI is InChI=1S/C15H28N4.HI/c1-3-16-14(17-11-15(2)7-8-15)18-12-6-9-19(10-12)13-4-5-13;/h12-13H,3-11H2,1-2H3,(H2,16,17,18);1H. The number of hydrogen-bond acceptors (Lipinski definition) is 2. The molecular formula is C15H29IN4. The quantitative estimate of drug-likeness (QED) is 0.428. The number of nitrogens with zero attached hydrogens (tertiary/aromatic N) is 2. The first-order valence-electron chi connectivity index (χ1n) is 7.97. The van der Waals surface area contributed by atoms with Crippen molar-refractivity contribution in [2.24, 2.45) is 10.4 Å². The normalized spacial score (nSPS) is 28.9. The molecule has 4 nitrogen and oxygen atoms in total. The Morgan fingerprint density at radius 2 is 2.05 bits per heavy atom. The minimum absolute atomic E-state index is 0. The van der Waals surface area contributed by atoms with Gasteiger partial charge in [-0.25, -0.2) is 0 Å². The van der Waals surface area contributed by atoms with E-state index in [1.807, 2.05) is 0 Å². The Hall–Kier alpha value is -0.0400. The molecular weight excluding hydrogens is 363 g/mol. The van der Waals surface area contributed by atoms with Crippen molar-refractivity contribution >= 4 is 29.9 Å². The minimum atomic E-state index is 0. The first-order valence-corrected chi connectivity index (χ1v) is 7.97. The van der Waals surface area contributed by atoms with Crippen molar-refractivity contribution in [3.8, 4) is 0 Å². The number of likely N-dealkylation sites (tertiary alicyclic amines) is 1. The van der Waals surface area contributed by atoms with Gasteiger partial charge in [-0.2, -0.15) is 0 Å². The van der Waals surface area contributed by atoms with Crippen LogP contribution in [-0.4, -0.2) is 49.1 Å². The maximum absolute atomic E-state index is 4.77. The van der Waals surface area contributed by atoms with Gasteiger partial charge in [0.05, 0.1) is 0 Å². The van der Waals surface area contributed by atoms with E-state index >= 15 is 0 Å². The van der Waals surface area contributed by atoms with Crippen molar-refractivity contribution < 1.29 is 0 Å². The number of hydrogen-bond donors (Lipinski definition) is 2. The van der Waals surface area contributed by atoms with E-state index in [0.717, 1.165) is 25.1 Å². The molecule has 2 N–H and O–H groups in total. The van der Waals surface area contributed by atoms with Gasteiger partial charge in [0.2, 0.25) is 0 Å². The fourth-order valence-corrected chi connectivity index (χ4v) is 2.83. The van der Waals surface area contributed by atoms with Crippen LogP contribution in [0.1, 0.15) is 46.0 Å². The molecule has 0 amide bonds. The predicted octanol–water partition coefficient (Wildman–Crippen LogP) is 2.20. The van der Waals surface area contributed by atoms with Crippen molar-refractivity contribution in [3.63, 3.8) is 0 Å². The molecule has 0 spiro atoms. The van der Waals surface area contributed by atoms with Gasteiger partial charge in [-0.05, 0) is 44.4 Å². The third-order valence-corrected chi connectivity index (χ3v) is 4.69. The predicted molar refractivity (Wildman–Crippen MR) is 94.9 cm³/mol. The average molecular weight is 392 g/mol. The molecule has 1 saturated heterocycles. The highest BCUT2D eigenvalue weighted by Crippen LogP contribution is 2.44. The number of rotatable bonds is 5. The zero-order valence-corrected chi connectivity index (χ0v) is 15.2. The van der Waals surface area contributed by atoms with Crippen LogP contribution in [0.25, 0.3) is 0 Å². The van der Waals surface area contributed by atoms with Crippen LogP contribution in [-0.2, 0) is 0 Å². The van der Waals surface area contributed by atoms with E-state index in [9.17, 15) is 0 Å². The summed E-state index contributed by atoms with van der Waals surface area (Å²) in [5.41, 5.74) is 0.498. The molecule has 116 valence electrons. The van der Waals surface area contributed by atoms with E-state index in [-0.39, 0.29) is 24.0 Å². The number of nitrogens with one attached hydrogen (secondary N) is 2. The third kappa shape index (κ3) is 4.48. The summed E-state index contributed by atoms with van der Waals surface area (Å²) in [7, 11) is 0. The molecule has 1 heterocycles. The van der Waals surface area contributed by atoms with Gasteiger partial charge in [-0.1, -0.05) is 6.92 Å². The third-order valence-electron chi connectivity index (χ3n) is 4.69. The molecule has 5 heteroatoms. The molecule has 2 saturated carbocycles. The van der Waals surface area contributed by atoms with Crippen LogP contribution in [0.15, 0.2) is 4.99 Å². The van der Waals surface area contributed by atoms with Gasteiger partial charge in [0, 0.05) is 38.3 Å². The maximum Gasteiger partial charge on any atom is 0.191 e. The van der Waals surface area contributed by atoms with Gasteiger partial charge in [-0.15, -0.1) is 24.0 Å². The topological polar surface area (TPSA) is 39.7 Å². The molecule has 1 atom stereocenters. The molecule has 3 aliphatic rings. The van der Waals surface area contributed by atoms with E-state index in [4.69, 9.17) is 4.99 Å². The summed E-state index contributed by atoms with van der Waals surface area (Å²) < 4.78 is 0. The van der Waals surface area contributed by atoms with Crippen molar-refractivity contribution in [2.75, 3.05) is 26.2 Å². The van der Waals surface area contributed by atoms with Crippen molar-refractivity contribution in [1.29, 1.82) is 0 Å². The lowest BCUT2D eigenvalue weighted by molar-refractivity contribution is 0.321. The lowest BCUT2D eigenvalue weighted by atomic mass is 10.1. The fraction of sp³-hybridized carbons (Fsp3) is 0.933. The first-order chi connectivity index (χ1) is 9.18. The van der Waals surface area contributed by atoms with Crippen LogP contribution in [0.3, 0.4) is 0 Å². The Balaban J connectivity index is 0.00000147. The molecule has 2 aliphatic carbocycles. The molecule has 20 heavy (non-hydrogen) atoms. The zero-order valence-electron chi connectivity index (χ0n) is 12.8. The Morgan fingerprint density at radius 3 is 2.65 bits per heavy atom. The monoisotopic (exact) mass is 392 g/mol. The summed E-state index contributed by atoms with van der Waals surface area (Å²) in [6.07, 6.45) is 6.78.